The maximum atomic E-state index is 11.9. The van der Waals surface area contributed by atoms with Gasteiger partial charge in [-0.25, -0.2) is 0 Å². The molecule has 0 N–H and O–H groups in total. The van der Waals surface area contributed by atoms with Crippen LogP contribution in [-0.4, -0.2) is 171 Å². The van der Waals surface area contributed by atoms with Crippen LogP contribution < -0.4 is 0 Å². The molecule has 0 aliphatic heterocycles. The van der Waals surface area contributed by atoms with E-state index in [0.29, 0.717) is 158 Å². The summed E-state index contributed by atoms with van der Waals surface area (Å²) < 4.78 is 71.0. The molecule has 14 heteroatoms. The van der Waals surface area contributed by atoms with Crippen LogP contribution in [0.4, 0.5) is 0 Å². The molecule has 0 radical (unpaired) electrons. The highest BCUT2D eigenvalue weighted by Gasteiger charge is 2.03. The maximum absolute atomic E-state index is 11.9. The number of carbonyl (C=O) groups is 1. The largest absolute Gasteiger partial charge is 0.463 e. The summed E-state index contributed by atoms with van der Waals surface area (Å²) in [5.74, 6) is -0.131. The van der Waals surface area contributed by atoms with Crippen molar-refractivity contribution in [1.82, 2.24) is 0 Å². The molecule has 59 heavy (non-hydrogen) atoms. The van der Waals surface area contributed by atoms with Gasteiger partial charge in [-0.1, -0.05) is 96.8 Å². The zero-order chi connectivity index (χ0) is 42.6. The van der Waals surface area contributed by atoms with Crippen LogP contribution in [0.2, 0.25) is 0 Å². The quantitative estimate of drug-likeness (QED) is 0.0444. The molecule has 0 saturated carbocycles. The highest BCUT2D eigenvalue weighted by Crippen LogP contribution is 2.14. The van der Waals surface area contributed by atoms with Gasteiger partial charge >= 0.3 is 5.97 Å². The number of ether oxygens (including phenoxy) is 13. The summed E-state index contributed by atoms with van der Waals surface area (Å²) in [7, 11) is 0. The third-order valence-corrected chi connectivity index (χ3v) is 8.87. The molecule has 0 saturated heterocycles. The van der Waals surface area contributed by atoms with Crippen LogP contribution >= 0.6 is 0 Å². The second-order valence-electron chi connectivity index (χ2n) is 14.6. The summed E-state index contributed by atoms with van der Waals surface area (Å²) in [4.78, 5) is 11.9. The Bertz CT molecular complexity index is 779. The van der Waals surface area contributed by atoms with Gasteiger partial charge in [0.05, 0.1) is 158 Å². The Morgan fingerprint density at radius 1 is 0.305 bits per heavy atom. The molecule has 0 unspecified atom stereocenters. The van der Waals surface area contributed by atoms with Gasteiger partial charge in [-0.15, -0.1) is 0 Å². The molecule has 0 spiro atoms. The lowest BCUT2D eigenvalue weighted by molar-refractivity contribution is -0.145. The second kappa shape index (κ2) is 53.1. The summed E-state index contributed by atoms with van der Waals surface area (Å²) in [6.07, 6.45) is 20.4. The lowest BCUT2D eigenvalue weighted by atomic mass is 10.0. The van der Waals surface area contributed by atoms with Gasteiger partial charge in [0.25, 0.3) is 0 Å². The van der Waals surface area contributed by atoms with Gasteiger partial charge in [0.15, 0.2) is 0 Å². The Morgan fingerprint density at radius 2 is 0.525 bits per heavy atom. The smallest absolute Gasteiger partial charge is 0.305 e. The van der Waals surface area contributed by atoms with Crippen molar-refractivity contribution >= 4 is 5.97 Å². The molecule has 0 fully saturated rings. The van der Waals surface area contributed by atoms with Gasteiger partial charge in [0.2, 0.25) is 0 Å². The van der Waals surface area contributed by atoms with E-state index in [0.717, 1.165) is 12.8 Å². The summed E-state index contributed by atoms with van der Waals surface area (Å²) in [6.45, 7) is 18.2. The van der Waals surface area contributed by atoms with E-state index in [4.69, 9.17) is 61.6 Å². The van der Waals surface area contributed by atoms with Crippen LogP contribution in [0, 0.1) is 0 Å². The first-order valence-corrected chi connectivity index (χ1v) is 23.3. The normalized spacial score (nSPS) is 11.7. The highest BCUT2D eigenvalue weighted by molar-refractivity contribution is 5.69. The van der Waals surface area contributed by atoms with Crippen molar-refractivity contribution in [3.05, 3.63) is 0 Å². The molecule has 0 bridgehead atoms. The number of carbonyl (C=O) groups excluding carboxylic acids is 1. The molecule has 14 nitrogen and oxygen atoms in total. The number of hydrogen-bond acceptors (Lipinski definition) is 14. The van der Waals surface area contributed by atoms with Crippen LogP contribution in [0.3, 0.4) is 0 Å². The summed E-state index contributed by atoms with van der Waals surface area (Å²) in [6, 6.07) is 0. The minimum atomic E-state index is -0.131. The monoisotopic (exact) mass is 855 g/mol. The predicted octanol–water partition coefficient (Wildman–Crippen LogP) is 7.40. The minimum absolute atomic E-state index is 0.131. The van der Waals surface area contributed by atoms with E-state index >= 15 is 0 Å². The van der Waals surface area contributed by atoms with Crippen molar-refractivity contribution in [3.63, 3.8) is 0 Å². The molecule has 0 heterocycles. The summed E-state index contributed by atoms with van der Waals surface area (Å²) in [5, 5.41) is 0. The van der Waals surface area contributed by atoms with Crippen molar-refractivity contribution in [2.75, 3.05) is 159 Å². The van der Waals surface area contributed by atoms with Gasteiger partial charge in [-0.2, -0.15) is 0 Å². The fourth-order valence-corrected chi connectivity index (χ4v) is 5.57. The van der Waals surface area contributed by atoms with E-state index in [1.54, 1.807) is 0 Å². The van der Waals surface area contributed by atoms with Crippen molar-refractivity contribution < 1.29 is 66.4 Å². The number of rotatable bonds is 53. The van der Waals surface area contributed by atoms with Crippen LogP contribution in [0.5, 0.6) is 0 Å². The predicted molar refractivity (Wildman–Crippen MR) is 231 cm³/mol. The molecule has 0 aliphatic carbocycles. The summed E-state index contributed by atoms with van der Waals surface area (Å²) in [5.41, 5.74) is 0. The van der Waals surface area contributed by atoms with Crippen LogP contribution in [0.25, 0.3) is 0 Å². The molecule has 0 aromatic rings. The second-order valence-corrected chi connectivity index (χ2v) is 14.6. The topological polar surface area (TPSA) is 137 Å². The van der Waals surface area contributed by atoms with Crippen molar-refractivity contribution in [3.8, 4) is 0 Å². The number of unbranched alkanes of at least 4 members (excludes halogenated alkanes) is 14. The molecule has 0 rings (SSSR count). The molecule has 0 aliphatic rings. The van der Waals surface area contributed by atoms with Gasteiger partial charge in [-0.05, 0) is 20.3 Å². The third kappa shape index (κ3) is 55.0. The Kier molecular flexibility index (Phi) is 52.2. The average Bonchev–Trinajstić information content (AvgIpc) is 3.23. The van der Waals surface area contributed by atoms with Crippen molar-refractivity contribution in [2.24, 2.45) is 0 Å². The van der Waals surface area contributed by atoms with Gasteiger partial charge in [0, 0.05) is 6.42 Å². The van der Waals surface area contributed by atoms with Crippen LogP contribution in [0.15, 0.2) is 0 Å². The first kappa shape index (κ1) is 58.0. The van der Waals surface area contributed by atoms with E-state index in [1.165, 1.54) is 83.5 Å². The molecule has 0 amide bonds. The van der Waals surface area contributed by atoms with Crippen molar-refractivity contribution in [2.45, 2.75) is 130 Å². The molecule has 0 aromatic heterocycles. The van der Waals surface area contributed by atoms with Gasteiger partial charge in [0.1, 0.15) is 6.61 Å². The fourth-order valence-electron chi connectivity index (χ4n) is 5.57. The van der Waals surface area contributed by atoms with E-state index in [9.17, 15) is 4.79 Å². The van der Waals surface area contributed by atoms with Crippen LogP contribution in [-0.2, 0) is 66.4 Å². The van der Waals surface area contributed by atoms with Crippen molar-refractivity contribution in [1.29, 1.82) is 0 Å². The van der Waals surface area contributed by atoms with E-state index in [2.05, 4.69) is 6.92 Å². The molecule has 354 valence electrons. The Labute approximate surface area is 359 Å². The third-order valence-electron chi connectivity index (χ3n) is 8.87. The lowest BCUT2D eigenvalue weighted by Gasteiger charge is -2.09. The van der Waals surface area contributed by atoms with Gasteiger partial charge in [-0.3, -0.25) is 4.79 Å². The Hall–Kier alpha value is -1.01. The number of esters is 1. The van der Waals surface area contributed by atoms with E-state index in [-0.39, 0.29) is 18.7 Å². The zero-order valence-electron chi connectivity index (χ0n) is 38.1. The fraction of sp³-hybridized carbons (Fsp3) is 0.978. The van der Waals surface area contributed by atoms with Gasteiger partial charge < -0.3 is 61.6 Å². The first-order valence-electron chi connectivity index (χ1n) is 23.3. The lowest BCUT2D eigenvalue weighted by Crippen LogP contribution is -2.16. The standard InChI is InChI=1S/C45H90O14/c1-4-5-6-7-8-9-10-11-12-13-14-15-16-17-18-19-45(46)59-43-41-57-39-37-55-35-33-53-31-29-51-27-25-49-23-21-47-20-22-48-24-26-50-28-30-52-32-34-54-36-38-56-40-42-58-44(2)3/h44H,4-43H2,1-3H3. The molecular weight excluding hydrogens is 764 g/mol. The maximum Gasteiger partial charge on any atom is 0.305 e. The number of hydrogen-bond donors (Lipinski definition) is 0. The van der Waals surface area contributed by atoms with Crippen LogP contribution in [0.1, 0.15) is 124 Å². The zero-order valence-corrected chi connectivity index (χ0v) is 38.1. The molecular formula is C45H90O14. The van der Waals surface area contributed by atoms with E-state index < -0.39 is 0 Å². The average molecular weight is 855 g/mol. The summed E-state index contributed by atoms with van der Waals surface area (Å²) >= 11 is 0. The van der Waals surface area contributed by atoms with E-state index in [1.807, 2.05) is 13.8 Å². The molecule has 0 atom stereocenters. The Morgan fingerprint density at radius 3 is 0.780 bits per heavy atom. The molecule has 0 aromatic carbocycles. The SMILES string of the molecule is CCCCCCCCCCCCCCCCCC(=O)OCCOCCOCCOCCOCCOCCOCCOCCOCCOCCOCCOCCOC(C)C. The highest BCUT2D eigenvalue weighted by atomic mass is 16.6. The Balaban J connectivity index is 3.13. The first-order chi connectivity index (χ1) is 29.2. The minimum Gasteiger partial charge on any atom is -0.463 e.